The number of halogens is 9. The molecule has 0 aliphatic carbocycles. The summed E-state index contributed by atoms with van der Waals surface area (Å²) in [6, 6.07) is 3.26. The lowest BCUT2D eigenvalue weighted by Gasteiger charge is -2.19. The minimum Gasteiger partial charge on any atom is -0.166 e. The van der Waals surface area contributed by atoms with Gasteiger partial charge in [0, 0.05) is 0 Å². The molecule has 0 fully saturated rings. The molecule has 0 N–H and O–H groups in total. The van der Waals surface area contributed by atoms with E-state index in [1.807, 2.05) is 0 Å². The predicted octanol–water partition coefficient (Wildman–Crippen LogP) is 7.53. The summed E-state index contributed by atoms with van der Waals surface area (Å²) in [4.78, 5) is 0. The molecule has 0 atom stereocenters. The maximum absolute atomic E-state index is 13.0. The van der Waals surface area contributed by atoms with Gasteiger partial charge in [0.15, 0.2) is 0 Å². The van der Waals surface area contributed by atoms with Crippen molar-refractivity contribution in [2.75, 3.05) is 0 Å². The van der Waals surface area contributed by atoms with Gasteiger partial charge in [-0.15, -0.1) is 0 Å². The first-order chi connectivity index (χ1) is 12.1. The van der Waals surface area contributed by atoms with E-state index in [0.29, 0.717) is 18.2 Å². The first kappa shape index (κ1) is 21.1. The van der Waals surface area contributed by atoms with Gasteiger partial charge in [0.1, 0.15) is 0 Å². The van der Waals surface area contributed by atoms with Crippen LogP contribution in [0.3, 0.4) is 0 Å². The molecular weight excluding hydrogens is 387 g/mol. The zero-order valence-electron chi connectivity index (χ0n) is 13.9. The van der Waals surface area contributed by atoms with Gasteiger partial charge in [0.05, 0.1) is 16.7 Å². The molecule has 0 bridgehead atoms. The minimum atomic E-state index is -5.04. The van der Waals surface area contributed by atoms with Gasteiger partial charge in [-0.05, 0) is 52.9 Å². The highest BCUT2D eigenvalue weighted by molar-refractivity contribution is 5.70. The Hall–Kier alpha value is -2.19. The van der Waals surface area contributed by atoms with Crippen molar-refractivity contribution in [1.29, 1.82) is 0 Å². The average Bonchev–Trinajstić information content (AvgIpc) is 2.51. The lowest BCUT2D eigenvalue weighted by molar-refractivity contribution is -0.143. The Morgan fingerprint density at radius 2 is 1.04 bits per heavy atom. The minimum absolute atomic E-state index is 0.00252. The molecule has 0 nitrogen and oxygen atoms in total. The molecule has 0 aliphatic heterocycles. The van der Waals surface area contributed by atoms with Crippen LogP contribution in [-0.2, 0) is 18.5 Å². The van der Waals surface area contributed by atoms with Gasteiger partial charge in [0.2, 0.25) is 0 Å². The molecule has 148 valence electrons. The van der Waals surface area contributed by atoms with Gasteiger partial charge in [-0.25, -0.2) is 0 Å². The van der Waals surface area contributed by atoms with Crippen LogP contribution in [-0.4, -0.2) is 0 Å². The lowest BCUT2D eigenvalue weighted by Crippen LogP contribution is -2.11. The molecule has 0 radical (unpaired) electrons. The van der Waals surface area contributed by atoms with Crippen molar-refractivity contribution in [2.24, 2.45) is 0 Å². The number of hydrogen-bond acceptors (Lipinski definition) is 0. The van der Waals surface area contributed by atoms with E-state index in [4.69, 9.17) is 0 Å². The topological polar surface area (TPSA) is 0 Å². The van der Waals surface area contributed by atoms with Gasteiger partial charge in [-0.2, -0.15) is 39.5 Å². The highest BCUT2D eigenvalue weighted by atomic mass is 19.4. The lowest BCUT2D eigenvalue weighted by atomic mass is 9.89. The fourth-order valence-electron chi connectivity index (χ4n) is 2.59. The van der Waals surface area contributed by atoms with E-state index in [1.54, 1.807) is 0 Å². The van der Waals surface area contributed by atoms with Crippen LogP contribution in [0.1, 0.15) is 42.0 Å². The number of hydrogen-bond donors (Lipinski definition) is 0. The van der Waals surface area contributed by atoms with Crippen molar-refractivity contribution in [2.45, 2.75) is 38.3 Å². The standard InChI is InChI=1S/C18H13F9/c1-9(2)15-8-11(16(19,20)21)3-4-14(15)10-5-12(17(22,23)24)7-13(6-10)18(25,26)27/h3-9H,1-2H3. The average molecular weight is 400 g/mol. The highest BCUT2D eigenvalue weighted by Gasteiger charge is 2.37. The summed E-state index contributed by atoms with van der Waals surface area (Å²) in [5.74, 6) is -0.564. The van der Waals surface area contributed by atoms with Crippen LogP contribution in [0.25, 0.3) is 11.1 Å². The van der Waals surface area contributed by atoms with Crippen molar-refractivity contribution in [1.82, 2.24) is 0 Å². The zero-order valence-corrected chi connectivity index (χ0v) is 13.9. The molecule has 27 heavy (non-hydrogen) atoms. The Labute approximate surface area is 148 Å². The third kappa shape index (κ3) is 4.75. The maximum atomic E-state index is 13.0. The van der Waals surface area contributed by atoms with Crippen molar-refractivity contribution in [3.63, 3.8) is 0 Å². The third-order valence-electron chi connectivity index (χ3n) is 3.90. The first-order valence-corrected chi connectivity index (χ1v) is 7.61. The molecule has 0 aliphatic rings. The molecule has 2 rings (SSSR count). The molecule has 2 aromatic rings. The fraction of sp³-hybridized carbons (Fsp3) is 0.333. The number of benzene rings is 2. The Morgan fingerprint density at radius 1 is 0.593 bits per heavy atom. The SMILES string of the molecule is CC(C)c1cc(C(F)(F)F)ccc1-c1cc(C(F)(F)F)cc(C(F)(F)F)c1. The van der Waals surface area contributed by atoms with Gasteiger partial charge in [0.25, 0.3) is 0 Å². The largest absolute Gasteiger partial charge is 0.416 e. The van der Waals surface area contributed by atoms with Crippen LogP contribution >= 0.6 is 0 Å². The zero-order chi connectivity index (χ0) is 20.8. The molecule has 0 unspecified atom stereocenters. The van der Waals surface area contributed by atoms with E-state index in [2.05, 4.69) is 0 Å². The molecule has 0 heterocycles. The first-order valence-electron chi connectivity index (χ1n) is 7.61. The third-order valence-corrected chi connectivity index (χ3v) is 3.90. The summed E-state index contributed by atoms with van der Waals surface area (Å²) in [6.07, 6.45) is -14.8. The summed E-state index contributed by atoms with van der Waals surface area (Å²) in [5.41, 5.74) is -4.65. The van der Waals surface area contributed by atoms with Gasteiger partial charge < -0.3 is 0 Å². The van der Waals surface area contributed by atoms with E-state index in [0.717, 1.165) is 12.1 Å². The van der Waals surface area contributed by atoms with E-state index in [9.17, 15) is 39.5 Å². The van der Waals surface area contributed by atoms with E-state index < -0.39 is 46.7 Å². The summed E-state index contributed by atoms with van der Waals surface area (Å²) < 4.78 is 117. The van der Waals surface area contributed by atoms with Crippen molar-refractivity contribution < 1.29 is 39.5 Å². The van der Waals surface area contributed by atoms with Gasteiger partial charge in [-0.1, -0.05) is 19.9 Å². The van der Waals surface area contributed by atoms with Crippen molar-refractivity contribution in [3.05, 3.63) is 58.7 Å². The predicted molar refractivity (Wildman–Crippen MR) is 81.0 cm³/mol. The van der Waals surface area contributed by atoms with E-state index in [1.165, 1.54) is 13.8 Å². The van der Waals surface area contributed by atoms with Gasteiger partial charge in [-0.3, -0.25) is 0 Å². The monoisotopic (exact) mass is 400 g/mol. The quantitative estimate of drug-likeness (QED) is 0.457. The van der Waals surface area contributed by atoms with Crippen LogP contribution < -0.4 is 0 Å². The summed E-state index contributed by atoms with van der Waals surface area (Å²) in [5, 5.41) is 0. The second-order valence-corrected chi connectivity index (χ2v) is 6.25. The Bertz CT molecular complexity index is 792. The molecule has 0 saturated heterocycles. The van der Waals surface area contributed by atoms with Crippen LogP contribution in [0.2, 0.25) is 0 Å². The molecule has 0 aromatic heterocycles. The highest BCUT2D eigenvalue weighted by Crippen LogP contribution is 2.41. The Kier molecular flexibility index (Phi) is 5.29. The van der Waals surface area contributed by atoms with Crippen LogP contribution in [0, 0.1) is 0 Å². The normalized spacial score (nSPS) is 13.3. The van der Waals surface area contributed by atoms with Crippen LogP contribution in [0.4, 0.5) is 39.5 Å². The van der Waals surface area contributed by atoms with E-state index in [-0.39, 0.29) is 17.2 Å². The fourth-order valence-corrected chi connectivity index (χ4v) is 2.59. The Morgan fingerprint density at radius 3 is 1.41 bits per heavy atom. The number of alkyl halides is 9. The smallest absolute Gasteiger partial charge is 0.166 e. The van der Waals surface area contributed by atoms with Crippen LogP contribution in [0.5, 0.6) is 0 Å². The molecule has 9 heteroatoms. The summed E-state index contributed by atoms with van der Waals surface area (Å²) in [6.45, 7) is 2.99. The van der Waals surface area contributed by atoms with Crippen LogP contribution in [0.15, 0.2) is 36.4 Å². The second kappa shape index (κ2) is 6.76. The molecule has 0 saturated carbocycles. The van der Waals surface area contributed by atoms with Crippen molar-refractivity contribution >= 4 is 0 Å². The molecule has 0 spiro atoms. The summed E-state index contributed by atoms with van der Waals surface area (Å²) in [7, 11) is 0. The maximum Gasteiger partial charge on any atom is 0.416 e. The second-order valence-electron chi connectivity index (χ2n) is 6.25. The molecule has 2 aromatic carbocycles. The van der Waals surface area contributed by atoms with E-state index >= 15 is 0 Å². The summed E-state index contributed by atoms with van der Waals surface area (Å²) >= 11 is 0. The molecular formula is C18H13F9. The molecule has 0 amide bonds. The number of rotatable bonds is 2. The van der Waals surface area contributed by atoms with Gasteiger partial charge >= 0.3 is 18.5 Å². The Balaban J connectivity index is 2.77. The van der Waals surface area contributed by atoms with Crippen molar-refractivity contribution in [3.8, 4) is 11.1 Å².